The molecular formula is C13H18BrNO3. The van der Waals surface area contributed by atoms with Crippen LogP contribution in [0.5, 0.6) is 0 Å². The highest BCUT2D eigenvalue weighted by Gasteiger charge is 2.08. The van der Waals surface area contributed by atoms with E-state index in [9.17, 15) is 4.79 Å². The summed E-state index contributed by atoms with van der Waals surface area (Å²) in [5.41, 5.74) is 4.43. The van der Waals surface area contributed by atoms with E-state index in [4.69, 9.17) is 4.84 Å². The predicted octanol–water partition coefficient (Wildman–Crippen LogP) is 2.91. The second-order valence-corrected chi connectivity index (χ2v) is 5.18. The van der Waals surface area contributed by atoms with E-state index in [2.05, 4.69) is 40.0 Å². The molecule has 0 aliphatic rings. The van der Waals surface area contributed by atoms with Crippen LogP contribution in [-0.4, -0.2) is 19.7 Å². The Bertz CT molecular complexity index is 407. The highest BCUT2D eigenvalue weighted by Crippen LogP contribution is 2.19. The van der Waals surface area contributed by atoms with Crippen molar-refractivity contribution in [2.75, 3.05) is 13.7 Å². The lowest BCUT2D eigenvalue weighted by Gasteiger charge is -2.10. The summed E-state index contributed by atoms with van der Waals surface area (Å²) in [6.07, 6.45) is 0. The molecule has 1 aromatic rings. The van der Waals surface area contributed by atoms with Crippen molar-refractivity contribution in [3.8, 4) is 0 Å². The van der Waals surface area contributed by atoms with E-state index in [1.54, 1.807) is 12.1 Å². The molecule has 0 radical (unpaired) electrons. The number of carbonyl (C=O) groups is 1. The van der Waals surface area contributed by atoms with Crippen LogP contribution in [0.2, 0.25) is 0 Å². The van der Waals surface area contributed by atoms with Crippen LogP contribution in [0.4, 0.5) is 0 Å². The van der Waals surface area contributed by atoms with Crippen molar-refractivity contribution in [2.45, 2.75) is 20.4 Å². The second kappa shape index (κ2) is 7.51. The average molecular weight is 316 g/mol. The summed E-state index contributed by atoms with van der Waals surface area (Å²) in [6, 6.07) is 5.34. The van der Waals surface area contributed by atoms with Crippen LogP contribution < -0.4 is 5.48 Å². The van der Waals surface area contributed by atoms with Gasteiger partial charge in [-0.3, -0.25) is 0 Å². The van der Waals surface area contributed by atoms with Crippen molar-refractivity contribution in [1.82, 2.24) is 5.48 Å². The number of hydroxylamine groups is 1. The Morgan fingerprint density at radius 3 is 2.72 bits per heavy atom. The van der Waals surface area contributed by atoms with E-state index in [0.29, 0.717) is 24.6 Å². The van der Waals surface area contributed by atoms with Crippen molar-refractivity contribution in [2.24, 2.45) is 5.92 Å². The molecule has 0 aliphatic carbocycles. The Kier molecular flexibility index (Phi) is 6.32. The molecule has 0 aliphatic heterocycles. The highest BCUT2D eigenvalue weighted by atomic mass is 79.9. The monoisotopic (exact) mass is 315 g/mol. The second-order valence-electron chi connectivity index (χ2n) is 4.32. The molecule has 0 amide bonds. The molecule has 0 saturated heterocycles. The number of benzene rings is 1. The lowest BCUT2D eigenvalue weighted by atomic mass is 10.1. The number of esters is 1. The van der Waals surface area contributed by atoms with Crippen molar-refractivity contribution in [1.29, 1.82) is 0 Å². The van der Waals surface area contributed by atoms with Crippen LogP contribution in [-0.2, 0) is 16.1 Å². The standard InChI is InChI=1S/C13H18BrNO3/c1-9(2)8-18-15-7-11-5-4-10(6-12(11)14)13(16)17-3/h4-6,9,15H,7-8H2,1-3H3. The number of ether oxygens (including phenoxy) is 1. The molecule has 4 nitrogen and oxygen atoms in total. The fourth-order valence-electron chi connectivity index (χ4n) is 1.29. The molecule has 0 spiro atoms. The molecule has 1 rings (SSSR count). The van der Waals surface area contributed by atoms with Gasteiger partial charge in [0.05, 0.1) is 19.3 Å². The molecule has 0 unspecified atom stereocenters. The maximum absolute atomic E-state index is 11.3. The van der Waals surface area contributed by atoms with E-state index < -0.39 is 0 Å². The third-order valence-electron chi connectivity index (χ3n) is 2.26. The van der Waals surface area contributed by atoms with Crippen LogP contribution in [0.15, 0.2) is 22.7 Å². The molecule has 0 fully saturated rings. The highest BCUT2D eigenvalue weighted by molar-refractivity contribution is 9.10. The maximum atomic E-state index is 11.3. The number of methoxy groups -OCH3 is 1. The summed E-state index contributed by atoms with van der Waals surface area (Å²) in [4.78, 5) is 16.6. The number of hydrogen-bond acceptors (Lipinski definition) is 4. The van der Waals surface area contributed by atoms with Gasteiger partial charge in [-0.2, -0.15) is 5.48 Å². The van der Waals surface area contributed by atoms with Gasteiger partial charge in [0.1, 0.15) is 0 Å². The van der Waals surface area contributed by atoms with Crippen molar-refractivity contribution in [3.63, 3.8) is 0 Å². The number of nitrogens with one attached hydrogen (secondary N) is 1. The van der Waals surface area contributed by atoms with Gasteiger partial charge in [-0.15, -0.1) is 0 Å². The first-order valence-electron chi connectivity index (χ1n) is 5.76. The van der Waals surface area contributed by atoms with Crippen LogP contribution in [0.1, 0.15) is 29.8 Å². The molecule has 0 saturated carbocycles. The van der Waals surface area contributed by atoms with Gasteiger partial charge in [-0.05, 0) is 23.6 Å². The number of rotatable bonds is 6. The lowest BCUT2D eigenvalue weighted by Crippen LogP contribution is -2.17. The number of halogens is 1. The minimum atomic E-state index is -0.341. The molecule has 0 bridgehead atoms. The van der Waals surface area contributed by atoms with Gasteiger partial charge in [0.2, 0.25) is 0 Å². The Morgan fingerprint density at radius 1 is 1.44 bits per heavy atom. The lowest BCUT2D eigenvalue weighted by molar-refractivity contribution is 0.0195. The zero-order valence-corrected chi connectivity index (χ0v) is 12.4. The fourth-order valence-corrected chi connectivity index (χ4v) is 1.81. The third-order valence-corrected chi connectivity index (χ3v) is 2.99. The fraction of sp³-hybridized carbons (Fsp3) is 0.462. The minimum Gasteiger partial charge on any atom is -0.465 e. The summed E-state index contributed by atoms with van der Waals surface area (Å²) in [5.74, 6) is 0.147. The van der Waals surface area contributed by atoms with Gasteiger partial charge < -0.3 is 9.57 Å². The van der Waals surface area contributed by atoms with E-state index in [1.165, 1.54) is 7.11 Å². The molecule has 0 aromatic heterocycles. The Hall–Kier alpha value is -0.910. The molecule has 1 aromatic carbocycles. The van der Waals surface area contributed by atoms with E-state index in [1.807, 2.05) is 6.07 Å². The molecular weight excluding hydrogens is 298 g/mol. The normalized spacial score (nSPS) is 10.7. The first kappa shape index (κ1) is 15.1. The van der Waals surface area contributed by atoms with Gasteiger partial charge in [-0.1, -0.05) is 35.8 Å². The predicted molar refractivity (Wildman–Crippen MR) is 73.1 cm³/mol. The van der Waals surface area contributed by atoms with Crippen LogP contribution in [0, 0.1) is 5.92 Å². The molecule has 0 atom stereocenters. The van der Waals surface area contributed by atoms with Crippen LogP contribution in [0.25, 0.3) is 0 Å². The van der Waals surface area contributed by atoms with E-state index in [0.717, 1.165) is 10.0 Å². The first-order chi connectivity index (χ1) is 8.54. The largest absolute Gasteiger partial charge is 0.465 e. The summed E-state index contributed by atoms with van der Waals surface area (Å²) in [5, 5.41) is 0. The smallest absolute Gasteiger partial charge is 0.337 e. The Morgan fingerprint density at radius 2 is 2.17 bits per heavy atom. The molecule has 0 heterocycles. The average Bonchev–Trinajstić information content (AvgIpc) is 2.34. The Balaban J connectivity index is 2.55. The topological polar surface area (TPSA) is 47.6 Å². The van der Waals surface area contributed by atoms with Crippen molar-refractivity contribution >= 4 is 21.9 Å². The first-order valence-corrected chi connectivity index (χ1v) is 6.55. The molecule has 100 valence electrons. The van der Waals surface area contributed by atoms with Crippen molar-refractivity contribution < 1.29 is 14.4 Å². The summed E-state index contributed by atoms with van der Waals surface area (Å²) in [6.45, 7) is 5.41. The summed E-state index contributed by atoms with van der Waals surface area (Å²) < 4.78 is 5.51. The summed E-state index contributed by atoms with van der Waals surface area (Å²) in [7, 11) is 1.37. The van der Waals surface area contributed by atoms with Crippen LogP contribution >= 0.6 is 15.9 Å². The molecule has 1 N–H and O–H groups in total. The zero-order chi connectivity index (χ0) is 13.5. The Labute approximate surface area is 116 Å². The quantitative estimate of drug-likeness (QED) is 0.498. The third kappa shape index (κ3) is 4.76. The minimum absolute atomic E-state index is 0.341. The number of carbonyl (C=O) groups excluding carboxylic acids is 1. The zero-order valence-electron chi connectivity index (χ0n) is 10.8. The van der Waals surface area contributed by atoms with E-state index in [-0.39, 0.29) is 5.97 Å². The molecule has 18 heavy (non-hydrogen) atoms. The summed E-state index contributed by atoms with van der Waals surface area (Å²) >= 11 is 3.42. The maximum Gasteiger partial charge on any atom is 0.337 e. The van der Waals surface area contributed by atoms with E-state index >= 15 is 0 Å². The van der Waals surface area contributed by atoms with Gasteiger partial charge in [0.15, 0.2) is 0 Å². The van der Waals surface area contributed by atoms with Gasteiger partial charge in [0.25, 0.3) is 0 Å². The van der Waals surface area contributed by atoms with Crippen LogP contribution in [0.3, 0.4) is 0 Å². The van der Waals surface area contributed by atoms with Gasteiger partial charge >= 0.3 is 5.97 Å². The number of hydrogen-bond donors (Lipinski definition) is 1. The van der Waals surface area contributed by atoms with Crippen molar-refractivity contribution in [3.05, 3.63) is 33.8 Å². The molecule has 5 heteroatoms. The SMILES string of the molecule is COC(=O)c1ccc(CNOCC(C)C)c(Br)c1. The van der Waals surface area contributed by atoms with Gasteiger partial charge in [-0.25, -0.2) is 4.79 Å². The van der Waals surface area contributed by atoms with Gasteiger partial charge in [0, 0.05) is 11.0 Å².